The highest BCUT2D eigenvalue weighted by atomic mass is 16.4. The van der Waals surface area contributed by atoms with Crippen molar-refractivity contribution in [3.8, 4) is 0 Å². The highest BCUT2D eigenvalue weighted by Crippen LogP contribution is 2.44. The van der Waals surface area contributed by atoms with Gasteiger partial charge in [-0.2, -0.15) is 0 Å². The molecule has 0 atom stereocenters. The molecule has 3 N–H and O–H groups in total. The lowest BCUT2D eigenvalue weighted by molar-refractivity contribution is -0.143. The van der Waals surface area contributed by atoms with Gasteiger partial charge in [-0.1, -0.05) is 57.0 Å². The molecule has 0 unspecified atom stereocenters. The second-order valence-electron chi connectivity index (χ2n) is 10.5. The Kier molecular flexibility index (Phi) is 7.28. The van der Waals surface area contributed by atoms with Gasteiger partial charge in [0.05, 0.1) is 5.60 Å². The fourth-order valence-electron chi connectivity index (χ4n) is 5.57. The maximum atomic E-state index is 12.8. The van der Waals surface area contributed by atoms with Crippen LogP contribution in [0.2, 0.25) is 0 Å². The predicted octanol–water partition coefficient (Wildman–Crippen LogP) is 5.76. The van der Waals surface area contributed by atoms with Crippen LogP contribution in [0.3, 0.4) is 0 Å². The lowest BCUT2D eigenvalue weighted by atomic mass is 9.69. The Hall–Kier alpha value is -2.66. The number of hydrogen-bond acceptors (Lipinski definition) is 3. The number of carbonyl (C=O) groups excluding carboxylic acids is 1. The van der Waals surface area contributed by atoms with Crippen LogP contribution >= 0.6 is 0 Å². The summed E-state index contributed by atoms with van der Waals surface area (Å²) in [7, 11) is 0. The van der Waals surface area contributed by atoms with Gasteiger partial charge in [-0.15, -0.1) is 0 Å². The summed E-state index contributed by atoms with van der Waals surface area (Å²) in [5, 5.41) is 23.1. The number of aliphatic carboxylic acids is 1. The molecule has 1 saturated carbocycles. The van der Waals surface area contributed by atoms with Crippen LogP contribution in [0, 0.1) is 13.8 Å². The van der Waals surface area contributed by atoms with Crippen molar-refractivity contribution in [3.63, 3.8) is 0 Å². The number of rotatable bonds is 8. The standard InChI is InChI=1S/C29H39NO4/c1-7-28(8-2,22-12-14-24(20(4)18-22)29(34)15-9-10-16-29)21-11-13-23(19(3)17-21)25(31)30-27(5,6)26(32)33/h11-14,17-18,34H,7-10,15-16H2,1-6H3,(H,30,31)(H,32,33). The van der Waals surface area contributed by atoms with E-state index in [1.807, 2.05) is 13.0 Å². The van der Waals surface area contributed by atoms with Gasteiger partial charge in [0.25, 0.3) is 5.91 Å². The summed E-state index contributed by atoms with van der Waals surface area (Å²) in [6.07, 6.45) is 5.55. The number of carbonyl (C=O) groups is 2. The van der Waals surface area contributed by atoms with Gasteiger partial charge in [0.15, 0.2) is 0 Å². The van der Waals surface area contributed by atoms with Gasteiger partial charge < -0.3 is 15.5 Å². The maximum absolute atomic E-state index is 12.8. The molecule has 5 nitrogen and oxygen atoms in total. The summed E-state index contributed by atoms with van der Waals surface area (Å²) in [6.45, 7) is 11.3. The number of amides is 1. The molecule has 2 aromatic carbocycles. The number of nitrogens with one attached hydrogen (secondary N) is 1. The average Bonchev–Trinajstić information content (AvgIpc) is 3.22. The van der Waals surface area contributed by atoms with Crippen molar-refractivity contribution in [2.45, 2.75) is 96.6 Å². The second-order valence-corrected chi connectivity index (χ2v) is 10.5. The van der Waals surface area contributed by atoms with Crippen molar-refractivity contribution in [2.75, 3.05) is 0 Å². The summed E-state index contributed by atoms with van der Waals surface area (Å²) in [6, 6.07) is 12.4. The molecule has 1 amide bonds. The van der Waals surface area contributed by atoms with Crippen LogP contribution in [-0.4, -0.2) is 27.6 Å². The van der Waals surface area contributed by atoms with Gasteiger partial charge in [0.2, 0.25) is 0 Å². The Labute approximate surface area is 203 Å². The summed E-state index contributed by atoms with van der Waals surface area (Å²) in [4.78, 5) is 24.2. The van der Waals surface area contributed by atoms with E-state index >= 15 is 0 Å². The molecular formula is C29H39NO4. The monoisotopic (exact) mass is 465 g/mol. The van der Waals surface area contributed by atoms with Crippen molar-refractivity contribution < 1.29 is 19.8 Å². The first-order chi connectivity index (χ1) is 15.9. The van der Waals surface area contributed by atoms with Crippen LogP contribution in [0.25, 0.3) is 0 Å². The Bertz CT molecular complexity index is 1080. The molecule has 0 aromatic heterocycles. The highest BCUT2D eigenvalue weighted by molar-refractivity contribution is 5.98. The molecule has 3 rings (SSSR count). The third-order valence-electron chi connectivity index (χ3n) is 7.90. The van der Waals surface area contributed by atoms with Crippen LogP contribution in [-0.2, 0) is 15.8 Å². The Morgan fingerprint density at radius 3 is 1.94 bits per heavy atom. The summed E-state index contributed by atoms with van der Waals surface area (Å²) >= 11 is 0. The van der Waals surface area contributed by atoms with Gasteiger partial charge in [-0.05, 0) is 87.3 Å². The van der Waals surface area contributed by atoms with Crippen molar-refractivity contribution in [1.29, 1.82) is 0 Å². The van der Waals surface area contributed by atoms with E-state index in [-0.39, 0.29) is 11.3 Å². The van der Waals surface area contributed by atoms with Crippen LogP contribution in [0.15, 0.2) is 36.4 Å². The fraction of sp³-hybridized carbons (Fsp3) is 0.517. The van der Waals surface area contributed by atoms with E-state index < -0.39 is 17.1 Å². The van der Waals surface area contributed by atoms with Crippen molar-refractivity contribution in [1.82, 2.24) is 5.32 Å². The van der Waals surface area contributed by atoms with Crippen LogP contribution < -0.4 is 5.32 Å². The lowest BCUT2D eigenvalue weighted by Gasteiger charge is -2.35. The largest absolute Gasteiger partial charge is 0.480 e. The van der Waals surface area contributed by atoms with E-state index in [0.29, 0.717) is 5.56 Å². The van der Waals surface area contributed by atoms with Gasteiger partial charge in [0.1, 0.15) is 5.54 Å². The molecular weight excluding hydrogens is 426 g/mol. The van der Waals surface area contributed by atoms with Gasteiger partial charge in [-0.3, -0.25) is 4.79 Å². The molecule has 184 valence electrons. The van der Waals surface area contributed by atoms with Gasteiger partial charge >= 0.3 is 5.97 Å². The van der Waals surface area contributed by atoms with Gasteiger partial charge in [0, 0.05) is 11.0 Å². The quantitative estimate of drug-likeness (QED) is 0.462. The number of carboxylic acids is 1. The van der Waals surface area contributed by atoms with Crippen molar-refractivity contribution in [2.24, 2.45) is 0 Å². The van der Waals surface area contributed by atoms with Gasteiger partial charge in [-0.25, -0.2) is 4.79 Å². The molecule has 1 aliphatic rings. The predicted molar refractivity (Wildman–Crippen MR) is 135 cm³/mol. The van der Waals surface area contributed by atoms with Crippen molar-refractivity contribution in [3.05, 3.63) is 69.8 Å². The number of hydrogen-bond donors (Lipinski definition) is 3. The zero-order valence-corrected chi connectivity index (χ0v) is 21.4. The molecule has 5 heteroatoms. The first-order valence-corrected chi connectivity index (χ1v) is 12.4. The number of aliphatic hydroxyl groups is 1. The molecule has 0 heterocycles. The topological polar surface area (TPSA) is 86.6 Å². The lowest BCUT2D eigenvalue weighted by Crippen LogP contribution is -2.49. The maximum Gasteiger partial charge on any atom is 0.328 e. The zero-order valence-electron chi connectivity index (χ0n) is 21.4. The number of aryl methyl sites for hydroxylation is 2. The minimum atomic E-state index is -1.35. The Morgan fingerprint density at radius 1 is 0.941 bits per heavy atom. The molecule has 0 bridgehead atoms. The number of carboxylic acid groups (broad SMARTS) is 1. The average molecular weight is 466 g/mol. The first-order valence-electron chi connectivity index (χ1n) is 12.4. The minimum absolute atomic E-state index is 0.221. The van der Waals surface area contributed by atoms with E-state index in [4.69, 9.17) is 0 Å². The second kappa shape index (κ2) is 9.53. The Morgan fingerprint density at radius 2 is 1.47 bits per heavy atom. The molecule has 0 aliphatic heterocycles. The SMILES string of the molecule is CCC(CC)(c1ccc(C(=O)NC(C)(C)C(=O)O)c(C)c1)c1ccc(C2(O)CCCC2)c(C)c1. The third kappa shape index (κ3) is 4.63. The molecule has 1 aliphatic carbocycles. The fourth-order valence-corrected chi connectivity index (χ4v) is 5.57. The highest BCUT2D eigenvalue weighted by Gasteiger charge is 2.36. The molecule has 0 radical (unpaired) electrons. The normalized spacial score (nSPS) is 15.9. The third-order valence-corrected chi connectivity index (χ3v) is 7.90. The van der Waals surface area contributed by atoms with Crippen LogP contribution in [0.5, 0.6) is 0 Å². The summed E-state index contributed by atoms with van der Waals surface area (Å²) in [5.41, 5.74) is 3.53. The van der Waals surface area contributed by atoms with E-state index in [1.165, 1.54) is 19.4 Å². The smallest absolute Gasteiger partial charge is 0.328 e. The van der Waals surface area contributed by atoms with Crippen molar-refractivity contribution >= 4 is 11.9 Å². The van der Waals surface area contributed by atoms with E-state index in [2.05, 4.69) is 50.4 Å². The zero-order chi connectivity index (χ0) is 25.3. The molecule has 0 saturated heterocycles. The first kappa shape index (κ1) is 26.0. The Balaban J connectivity index is 1.99. The van der Waals surface area contributed by atoms with E-state index in [9.17, 15) is 19.8 Å². The van der Waals surface area contributed by atoms with Crippen LogP contribution in [0.4, 0.5) is 0 Å². The van der Waals surface area contributed by atoms with Crippen LogP contribution in [0.1, 0.15) is 104 Å². The van der Waals surface area contributed by atoms with E-state index in [0.717, 1.165) is 60.8 Å². The molecule has 0 spiro atoms. The molecule has 2 aromatic rings. The minimum Gasteiger partial charge on any atom is -0.480 e. The summed E-state index contributed by atoms with van der Waals surface area (Å²) < 4.78 is 0. The molecule has 34 heavy (non-hydrogen) atoms. The summed E-state index contributed by atoms with van der Waals surface area (Å²) in [5.74, 6) is -1.47. The number of benzene rings is 2. The molecule has 1 fully saturated rings. The van der Waals surface area contributed by atoms with E-state index in [1.54, 1.807) is 6.07 Å².